The highest BCUT2D eigenvalue weighted by atomic mass is 32.2. The molecule has 2 rings (SSSR count). The number of thioether (sulfide) groups is 1. The van der Waals surface area contributed by atoms with E-state index in [1.165, 1.54) is 17.8 Å². The van der Waals surface area contributed by atoms with Crippen LogP contribution in [0.15, 0.2) is 58.9 Å². The van der Waals surface area contributed by atoms with Crippen LogP contribution in [0.2, 0.25) is 0 Å². The zero-order valence-corrected chi connectivity index (χ0v) is 12.5. The monoisotopic (exact) mass is 300 g/mol. The summed E-state index contributed by atoms with van der Waals surface area (Å²) in [5, 5.41) is 3.40. The van der Waals surface area contributed by atoms with E-state index in [-0.39, 0.29) is 11.5 Å². The normalized spacial score (nSPS) is 10.1. The summed E-state index contributed by atoms with van der Waals surface area (Å²) in [5.41, 5.74) is 1.65. The Morgan fingerprint density at radius 1 is 1.38 bits per heavy atom. The minimum Gasteiger partial charge on any atom is -0.322 e. The third-order valence-corrected chi connectivity index (χ3v) is 3.81. The molecule has 2 N–H and O–H groups in total. The number of carbonyl (C=O) groups is 1. The SMILES string of the molecule is C=CCSc1[nH]c(=O)cc(C)c1C(=O)Nc1ccccc1. The van der Waals surface area contributed by atoms with Crippen LogP contribution in [0.4, 0.5) is 5.69 Å². The Morgan fingerprint density at radius 2 is 2.10 bits per heavy atom. The number of hydrogen-bond donors (Lipinski definition) is 2. The number of nitrogens with one attached hydrogen (secondary N) is 2. The second-order valence-corrected chi connectivity index (χ2v) is 5.47. The predicted octanol–water partition coefficient (Wildman–Crippen LogP) is 3.21. The fourth-order valence-electron chi connectivity index (χ4n) is 1.91. The number of aromatic amines is 1. The predicted molar refractivity (Wildman–Crippen MR) is 87.1 cm³/mol. The Labute approximate surface area is 127 Å². The molecule has 2 aromatic rings. The van der Waals surface area contributed by atoms with Gasteiger partial charge < -0.3 is 10.3 Å². The average Bonchev–Trinajstić information content (AvgIpc) is 2.45. The molecule has 5 heteroatoms. The lowest BCUT2D eigenvalue weighted by atomic mass is 10.1. The molecule has 0 atom stereocenters. The number of para-hydroxylation sites is 1. The van der Waals surface area contributed by atoms with Gasteiger partial charge in [-0.3, -0.25) is 9.59 Å². The lowest BCUT2D eigenvalue weighted by Crippen LogP contribution is -2.19. The Kier molecular flexibility index (Phi) is 5.00. The largest absolute Gasteiger partial charge is 0.322 e. The first-order valence-electron chi connectivity index (χ1n) is 6.46. The highest BCUT2D eigenvalue weighted by Crippen LogP contribution is 2.23. The van der Waals surface area contributed by atoms with Crippen LogP contribution in [0, 0.1) is 6.92 Å². The molecule has 0 saturated carbocycles. The maximum atomic E-state index is 12.5. The van der Waals surface area contributed by atoms with Gasteiger partial charge in [0.15, 0.2) is 0 Å². The van der Waals surface area contributed by atoms with Crippen LogP contribution in [0.25, 0.3) is 0 Å². The van der Waals surface area contributed by atoms with E-state index in [1.807, 2.05) is 30.3 Å². The van der Waals surface area contributed by atoms with Crippen LogP contribution in [0.1, 0.15) is 15.9 Å². The molecule has 0 spiro atoms. The number of aromatic nitrogens is 1. The van der Waals surface area contributed by atoms with Gasteiger partial charge in [0.2, 0.25) is 5.56 Å². The number of H-pyrrole nitrogens is 1. The van der Waals surface area contributed by atoms with Gasteiger partial charge in [0, 0.05) is 17.5 Å². The number of benzene rings is 1. The molecule has 1 amide bonds. The number of amides is 1. The van der Waals surface area contributed by atoms with Crippen molar-refractivity contribution in [3.05, 3.63) is 70.5 Å². The lowest BCUT2D eigenvalue weighted by molar-refractivity contribution is 0.102. The number of carbonyl (C=O) groups excluding carboxylic acids is 1. The van der Waals surface area contributed by atoms with Crippen LogP contribution < -0.4 is 10.9 Å². The average molecular weight is 300 g/mol. The van der Waals surface area contributed by atoms with Crippen molar-refractivity contribution in [3.8, 4) is 0 Å². The second-order valence-electron chi connectivity index (χ2n) is 4.44. The topological polar surface area (TPSA) is 62.0 Å². The van der Waals surface area contributed by atoms with Crippen LogP contribution >= 0.6 is 11.8 Å². The maximum Gasteiger partial charge on any atom is 0.258 e. The number of rotatable bonds is 5. The zero-order valence-electron chi connectivity index (χ0n) is 11.7. The van der Waals surface area contributed by atoms with E-state index in [1.54, 1.807) is 13.0 Å². The highest BCUT2D eigenvalue weighted by molar-refractivity contribution is 7.99. The highest BCUT2D eigenvalue weighted by Gasteiger charge is 2.16. The lowest BCUT2D eigenvalue weighted by Gasteiger charge is -2.11. The molecular weight excluding hydrogens is 284 g/mol. The Balaban J connectivity index is 2.35. The van der Waals surface area contributed by atoms with E-state index in [2.05, 4.69) is 16.9 Å². The minimum atomic E-state index is -0.235. The molecule has 1 aromatic carbocycles. The van der Waals surface area contributed by atoms with Crippen LogP contribution in [0.5, 0.6) is 0 Å². The number of pyridine rings is 1. The van der Waals surface area contributed by atoms with Gasteiger partial charge in [-0.1, -0.05) is 24.3 Å². The first kappa shape index (κ1) is 15.1. The summed E-state index contributed by atoms with van der Waals surface area (Å²) >= 11 is 1.38. The van der Waals surface area contributed by atoms with E-state index in [9.17, 15) is 9.59 Å². The molecule has 0 unspecified atom stereocenters. The standard InChI is InChI=1S/C16H16N2O2S/c1-3-9-21-16-14(11(2)10-13(19)18-16)15(20)17-12-7-5-4-6-8-12/h3-8,10H,1,9H2,2H3,(H,17,20)(H,18,19). The third-order valence-electron chi connectivity index (χ3n) is 2.81. The maximum absolute atomic E-state index is 12.5. The number of anilines is 1. The Hall–Kier alpha value is -2.27. The van der Waals surface area contributed by atoms with Crippen LogP contribution in [-0.4, -0.2) is 16.6 Å². The number of aryl methyl sites for hydroxylation is 1. The fourth-order valence-corrected chi connectivity index (χ4v) is 2.76. The molecule has 0 radical (unpaired) electrons. The first-order chi connectivity index (χ1) is 10.1. The molecule has 1 heterocycles. The summed E-state index contributed by atoms with van der Waals surface area (Å²) in [4.78, 5) is 26.8. The molecule has 0 fully saturated rings. The van der Waals surface area contributed by atoms with Gasteiger partial charge in [-0.25, -0.2) is 0 Å². The van der Waals surface area contributed by atoms with E-state index in [0.717, 1.165) is 0 Å². The van der Waals surface area contributed by atoms with E-state index >= 15 is 0 Å². The van der Waals surface area contributed by atoms with Gasteiger partial charge in [0.1, 0.15) is 0 Å². The summed E-state index contributed by atoms with van der Waals surface area (Å²) in [6, 6.07) is 10.6. The van der Waals surface area contributed by atoms with Crippen molar-refractivity contribution in [1.29, 1.82) is 0 Å². The van der Waals surface area contributed by atoms with Crippen LogP contribution in [0.3, 0.4) is 0 Å². The summed E-state index contributed by atoms with van der Waals surface area (Å²) in [5.74, 6) is 0.381. The third kappa shape index (κ3) is 3.86. The molecule has 21 heavy (non-hydrogen) atoms. The molecule has 1 aromatic heterocycles. The van der Waals surface area contributed by atoms with E-state index < -0.39 is 0 Å². The van der Waals surface area contributed by atoms with Crippen molar-refractivity contribution in [3.63, 3.8) is 0 Å². The van der Waals surface area contributed by atoms with Crippen molar-refractivity contribution in [2.45, 2.75) is 11.9 Å². The van der Waals surface area contributed by atoms with E-state index in [4.69, 9.17) is 0 Å². The molecule has 4 nitrogen and oxygen atoms in total. The molecule has 0 saturated heterocycles. The molecule has 0 aliphatic carbocycles. The summed E-state index contributed by atoms with van der Waals surface area (Å²) in [6.07, 6.45) is 1.73. The van der Waals surface area contributed by atoms with Gasteiger partial charge in [-0.2, -0.15) is 0 Å². The second kappa shape index (κ2) is 6.95. The smallest absolute Gasteiger partial charge is 0.258 e. The quantitative estimate of drug-likeness (QED) is 0.658. The van der Waals surface area contributed by atoms with Crippen molar-refractivity contribution in [2.24, 2.45) is 0 Å². The van der Waals surface area contributed by atoms with Crippen molar-refractivity contribution >= 4 is 23.4 Å². The van der Waals surface area contributed by atoms with Gasteiger partial charge in [-0.05, 0) is 24.6 Å². The van der Waals surface area contributed by atoms with Gasteiger partial charge in [-0.15, -0.1) is 18.3 Å². The van der Waals surface area contributed by atoms with Crippen LogP contribution in [-0.2, 0) is 0 Å². The Bertz CT molecular complexity index is 708. The van der Waals surface area contributed by atoms with Gasteiger partial charge in [0.05, 0.1) is 10.6 Å². The van der Waals surface area contributed by atoms with Gasteiger partial charge >= 0.3 is 0 Å². The number of hydrogen-bond acceptors (Lipinski definition) is 3. The molecule has 108 valence electrons. The van der Waals surface area contributed by atoms with Crippen molar-refractivity contribution in [1.82, 2.24) is 4.98 Å². The van der Waals surface area contributed by atoms with Gasteiger partial charge in [0.25, 0.3) is 5.91 Å². The summed E-state index contributed by atoms with van der Waals surface area (Å²) in [6.45, 7) is 5.41. The van der Waals surface area contributed by atoms with E-state index in [0.29, 0.717) is 27.6 Å². The fraction of sp³-hybridized carbons (Fsp3) is 0.125. The molecule has 0 aliphatic heterocycles. The summed E-state index contributed by atoms with van der Waals surface area (Å²) < 4.78 is 0. The summed E-state index contributed by atoms with van der Waals surface area (Å²) in [7, 11) is 0. The first-order valence-corrected chi connectivity index (χ1v) is 7.44. The molecule has 0 aliphatic rings. The van der Waals surface area contributed by atoms with Crippen molar-refractivity contribution < 1.29 is 4.79 Å². The van der Waals surface area contributed by atoms with Crippen molar-refractivity contribution in [2.75, 3.05) is 11.1 Å². The zero-order chi connectivity index (χ0) is 15.2. The molecular formula is C16H16N2O2S. The minimum absolute atomic E-state index is 0.213. The Morgan fingerprint density at radius 3 is 2.76 bits per heavy atom. The molecule has 0 bridgehead atoms.